The summed E-state index contributed by atoms with van der Waals surface area (Å²) in [5.74, 6) is 0.554. The monoisotopic (exact) mass is 547 g/mol. The van der Waals surface area contributed by atoms with Crippen LogP contribution in [0, 0.1) is 17.2 Å². The average molecular weight is 548 g/mol. The summed E-state index contributed by atoms with van der Waals surface area (Å²) < 4.78 is 0. The van der Waals surface area contributed by atoms with Gasteiger partial charge in [-0.15, -0.1) is 0 Å². The van der Waals surface area contributed by atoms with E-state index in [0.717, 1.165) is 32.1 Å². The van der Waals surface area contributed by atoms with Gasteiger partial charge < -0.3 is 0 Å². The highest BCUT2D eigenvalue weighted by atomic mass is 14.2. The zero-order valence-electron chi connectivity index (χ0n) is 25.2. The summed E-state index contributed by atoms with van der Waals surface area (Å²) in [7, 11) is 0. The van der Waals surface area contributed by atoms with Gasteiger partial charge in [0.05, 0.1) is 6.07 Å². The Morgan fingerprint density at radius 3 is 1.76 bits per heavy atom. The second kappa shape index (κ2) is 14.0. The zero-order valence-corrected chi connectivity index (χ0v) is 25.2. The zero-order chi connectivity index (χ0) is 29.3. The third kappa shape index (κ3) is 7.26. The van der Waals surface area contributed by atoms with Crippen LogP contribution in [0.1, 0.15) is 66.1 Å². The molecular formula is C41H41N. The maximum absolute atomic E-state index is 9.12. The van der Waals surface area contributed by atoms with Gasteiger partial charge in [0.2, 0.25) is 0 Å². The van der Waals surface area contributed by atoms with Gasteiger partial charge in [0.25, 0.3) is 0 Å². The van der Waals surface area contributed by atoms with Crippen LogP contribution < -0.4 is 0 Å². The minimum Gasteiger partial charge on any atom is -0.198 e. The van der Waals surface area contributed by atoms with Crippen molar-refractivity contribution in [1.29, 1.82) is 5.26 Å². The molecule has 0 aliphatic heterocycles. The molecule has 1 nitrogen and oxygen atoms in total. The quantitative estimate of drug-likeness (QED) is 0.161. The van der Waals surface area contributed by atoms with Gasteiger partial charge in [-0.1, -0.05) is 136 Å². The summed E-state index contributed by atoms with van der Waals surface area (Å²) in [5.41, 5.74) is 14.6. The van der Waals surface area contributed by atoms with Gasteiger partial charge in [-0.2, -0.15) is 5.26 Å². The minimum absolute atomic E-state index is 0.554. The highest BCUT2D eigenvalue weighted by Crippen LogP contribution is 2.34. The Kier molecular flexibility index (Phi) is 9.68. The molecule has 0 bridgehead atoms. The van der Waals surface area contributed by atoms with E-state index in [9.17, 15) is 0 Å². The van der Waals surface area contributed by atoms with Crippen LogP contribution in [0.25, 0.3) is 22.3 Å². The second-order valence-corrected chi connectivity index (χ2v) is 11.8. The summed E-state index contributed by atoms with van der Waals surface area (Å²) in [4.78, 5) is 0. The first-order valence-electron chi connectivity index (χ1n) is 15.4. The van der Waals surface area contributed by atoms with E-state index in [1.165, 1.54) is 61.2 Å². The molecule has 0 radical (unpaired) electrons. The molecule has 5 aromatic rings. The largest absolute Gasteiger partial charge is 0.198 e. The van der Waals surface area contributed by atoms with Crippen molar-refractivity contribution < 1.29 is 0 Å². The summed E-state index contributed by atoms with van der Waals surface area (Å²) in [6, 6.07) is 44.8. The van der Waals surface area contributed by atoms with E-state index in [4.69, 9.17) is 5.26 Å². The van der Waals surface area contributed by atoms with Crippen LogP contribution in [0.4, 0.5) is 0 Å². The topological polar surface area (TPSA) is 23.8 Å². The molecule has 5 aromatic carbocycles. The van der Waals surface area contributed by atoms with Gasteiger partial charge in [-0.05, 0) is 99.2 Å². The average Bonchev–Trinajstić information content (AvgIpc) is 3.01. The van der Waals surface area contributed by atoms with E-state index < -0.39 is 0 Å². The van der Waals surface area contributed by atoms with Crippen molar-refractivity contribution in [2.45, 2.75) is 59.3 Å². The van der Waals surface area contributed by atoms with Crippen LogP contribution >= 0.6 is 0 Å². The fraction of sp³-hybridized carbons (Fsp3) is 0.244. The fourth-order valence-corrected chi connectivity index (χ4v) is 6.02. The Morgan fingerprint density at radius 1 is 0.571 bits per heavy atom. The van der Waals surface area contributed by atoms with Crippen molar-refractivity contribution in [2.24, 2.45) is 5.92 Å². The lowest BCUT2D eigenvalue weighted by atomic mass is 9.86. The SMILES string of the molecule is CCc1ccc(-c2ccc(-c3ccc(CCC#N)cc3CC(C)C)cc2Cc2ccccc2)cc1Cc1ccccc1. The lowest BCUT2D eigenvalue weighted by Crippen LogP contribution is -2.01. The molecule has 0 amide bonds. The smallest absolute Gasteiger partial charge is 0.0625 e. The second-order valence-electron chi connectivity index (χ2n) is 11.8. The van der Waals surface area contributed by atoms with Gasteiger partial charge in [0.1, 0.15) is 0 Å². The first kappa shape index (κ1) is 29.1. The third-order valence-electron chi connectivity index (χ3n) is 8.11. The van der Waals surface area contributed by atoms with Crippen LogP contribution in [-0.2, 0) is 32.1 Å². The highest BCUT2D eigenvalue weighted by molar-refractivity contribution is 5.76. The number of nitriles is 1. The van der Waals surface area contributed by atoms with E-state index in [1.54, 1.807) is 0 Å². The van der Waals surface area contributed by atoms with Crippen LogP contribution in [0.5, 0.6) is 0 Å². The Balaban J connectivity index is 1.60. The number of hydrogen-bond donors (Lipinski definition) is 0. The molecule has 0 unspecified atom stereocenters. The van der Waals surface area contributed by atoms with Crippen LogP contribution in [-0.4, -0.2) is 0 Å². The predicted octanol–water partition coefficient (Wildman–Crippen LogP) is 10.4. The molecule has 210 valence electrons. The molecule has 0 heterocycles. The summed E-state index contributed by atoms with van der Waals surface area (Å²) in [5, 5.41) is 9.12. The van der Waals surface area contributed by atoms with Gasteiger partial charge in [0.15, 0.2) is 0 Å². The lowest BCUT2D eigenvalue weighted by molar-refractivity contribution is 0.647. The van der Waals surface area contributed by atoms with E-state index in [1.807, 2.05) is 0 Å². The molecule has 42 heavy (non-hydrogen) atoms. The summed E-state index contributed by atoms with van der Waals surface area (Å²) in [6.45, 7) is 6.81. The van der Waals surface area contributed by atoms with Gasteiger partial charge in [0, 0.05) is 6.42 Å². The van der Waals surface area contributed by atoms with Crippen molar-refractivity contribution in [3.05, 3.63) is 154 Å². The van der Waals surface area contributed by atoms with E-state index >= 15 is 0 Å². The molecule has 0 atom stereocenters. The van der Waals surface area contributed by atoms with Crippen molar-refractivity contribution in [3.8, 4) is 28.3 Å². The predicted molar refractivity (Wildman–Crippen MR) is 178 cm³/mol. The van der Waals surface area contributed by atoms with E-state index in [0.29, 0.717) is 12.3 Å². The van der Waals surface area contributed by atoms with Crippen LogP contribution in [0.2, 0.25) is 0 Å². The molecule has 0 saturated heterocycles. The Bertz CT molecular complexity index is 1660. The first-order chi connectivity index (χ1) is 20.5. The Hall–Kier alpha value is -4.41. The molecule has 0 N–H and O–H groups in total. The molecule has 0 spiro atoms. The maximum Gasteiger partial charge on any atom is 0.0625 e. The normalized spacial score (nSPS) is 11.0. The van der Waals surface area contributed by atoms with Crippen molar-refractivity contribution in [2.75, 3.05) is 0 Å². The first-order valence-corrected chi connectivity index (χ1v) is 15.4. The molecule has 5 rings (SSSR count). The maximum atomic E-state index is 9.12. The van der Waals surface area contributed by atoms with Crippen molar-refractivity contribution in [3.63, 3.8) is 0 Å². The van der Waals surface area contributed by atoms with Crippen LogP contribution in [0.15, 0.2) is 115 Å². The van der Waals surface area contributed by atoms with Crippen molar-refractivity contribution in [1.82, 2.24) is 0 Å². The van der Waals surface area contributed by atoms with Gasteiger partial charge in [-0.25, -0.2) is 0 Å². The summed E-state index contributed by atoms with van der Waals surface area (Å²) in [6.07, 6.45) is 5.24. The Morgan fingerprint density at radius 2 is 1.14 bits per heavy atom. The van der Waals surface area contributed by atoms with Gasteiger partial charge in [-0.3, -0.25) is 0 Å². The Labute approximate surface area is 252 Å². The van der Waals surface area contributed by atoms with Crippen LogP contribution in [0.3, 0.4) is 0 Å². The standard InChI is InChI=1S/C41H41N/c1-4-34-18-19-35(28-37(34)25-31-12-7-5-8-13-31)41-22-20-36(29-39(41)26-32-14-9-6-10-15-32)40-21-17-33(16-11-23-42)27-38(40)24-30(2)3/h5-10,12-15,17-22,27-30H,4,11,16,24-26H2,1-3H3. The number of hydrogen-bond acceptors (Lipinski definition) is 1. The third-order valence-corrected chi connectivity index (χ3v) is 8.11. The van der Waals surface area contributed by atoms with E-state index in [-0.39, 0.29) is 0 Å². The minimum atomic E-state index is 0.554. The molecule has 0 aromatic heterocycles. The fourth-order valence-electron chi connectivity index (χ4n) is 6.02. The molecule has 1 heteroatoms. The molecule has 0 aliphatic carbocycles. The molecule has 0 fully saturated rings. The molecular weight excluding hydrogens is 506 g/mol. The van der Waals surface area contributed by atoms with E-state index in [2.05, 4.69) is 142 Å². The molecule has 0 aliphatic rings. The number of rotatable bonds is 11. The van der Waals surface area contributed by atoms with Gasteiger partial charge >= 0.3 is 0 Å². The number of benzene rings is 5. The number of aryl methyl sites for hydroxylation is 2. The van der Waals surface area contributed by atoms with Crippen molar-refractivity contribution >= 4 is 0 Å². The summed E-state index contributed by atoms with van der Waals surface area (Å²) >= 11 is 0. The molecule has 0 saturated carbocycles. The number of nitrogens with zero attached hydrogens (tertiary/aromatic N) is 1. The highest BCUT2D eigenvalue weighted by Gasteiger charge is 2.14. The lowest BCUT2D eigenvalue weighted by Gasteiger charge is -2.18.